The summed E-state index contributed by atoms with van der Waals surface area (Å²) in [6.07, 6.45) is 1.30. The molecule has 0 rings (SSSR count). The molecule has 0 aromatic rings. The second kappa shape index (κ2) is 6.46. The van der Waals surface area contributed by atoms with Gasteiger partial charge in [0.2, 0.25) is 0 Å². The molecule has 0 spiro atoms. The lowest BCUT2D eigenvalue weighted by atomic mass is 9.82. The number of carboxylic acid groups (broad SMARTS) is 1. The van der Waals surface area contributed by atoms with Crippen LogP contribution >= 0.6 is 0 Å². The second-order valence-electron chi connectivity index (χ2n) is 7.65. The highest BCUT2D eigenvalue weighted by atomic mass is 16.4. The van der Waals surface area contributed by atoms with Crippen molar-refractivity contribution in [3.8, 4) is 0 Å². The van der Waals surface area contributed by atoms with Crippen LogP contribution < -0.4 is 10.6 Å². The molecule has 0 fully saturated rings. The van der Waals surface area contributed by atoms with E-state index in [9.17, 15) is 9.59 Å². The van der Waals surface area contributed by atoms with E-state index >= 15 is 0 Å². The number of hydrogen-bond donors (Lipinski definition) is 3. The Bertz CT molecular complexity index is 359. The Morgan fingerprint density at radius 1 is 1.05 bits per heavy atom. The number of rotatable bonds is 6. The Morgan fingerprint density at radius 3 is 1.90 bits per heavy atom. The summed E-state index contributed by atoms with van der Waals surface area (Å²) in [4.78, 5) is 23.1. The van der Waals surface area contributed by atoms with Gasteiger partial charge in [-0.2, -0.15) is 0 Å². The van der Waals surface area contributed by atoms with Crippen molar-refractivity contribution in [2.24, 2.45) is 10.8 Å². The van der Waals surface area contributed by atoms with Crippen LogP contribution in [0.25, 0.3) is 0 Å². The van der Waals surface area contributed by atoms with E-state index in [-0.39, 0.29) is 23.5 Å². The molecule has 3 N–H and O–H groups in total. The average Bonchev–Trinajstić information content (AvgIpc) is 2.21. The summed E-state index contributed by atoms with van der Waals surface area (Å²) in [7, 11) is 0. The summed E-state index contributed by atoms with van der Waals surface area (Å²) in [6.45, 7) is 13.8. The first-order valence-corrected chi connectivity index (χ1v) is 7.11. The van der Waals surface area contributed by atoms with Gasteiger partial charge < -0.3 is 15.7 Å². The minimum absolute atomic E-state index is 0.107. The second-order valence-corrected chi connectivity index (χ2v) is 7.65. The predicted molar refractivity (Wildman–Crippen MR) is 80.7 cm³/mol. The average molecular weight is 286 g/mol. The first-order valence-electron chi connectivity index (χ1n) is 7.11. The number of urea groups is 1. The summed E-state index contributed by atoms with van der Waals surface area (Å²) >= 11 is 0. The molecule has 0 bridgehead atoms. The van der Waals surface area contributed by atoms with Crippen LogP contribution in [0.3, 0.4) is 0 Å². The zero-order valence-corrected chi connectivity index (χ0v) is 13.9. The third-order valence-corrected chi connectivity index (χ3v) is 3.36. The maximum absolute atomic E-state index is 11.9. The van der Waals surface area contributed by atoms with Gasteiger partial charge in [0.1, 0.15) is 0 Å². The van der Waals surface area contributed by atoms with Gasteiger partial charge in [-0.15, -0.1) is 0 Å². The van der Waals surface area contributed by atoms with Crippen LogP contribution in [0.1, 0.15) is 61.3 Å². The molecule has 118 valence electrons. The minimum atomic E-state index is -0.925. The molecule has 0 saturated heterocycles. The van der Waals surface area contributed by atoms with Gasteiger partial charge in [-0.1, -0.05) is 27.7 Å². The molecule has 0 heterocycles. The molecule has 1 unspecified atom stereocenters. The summed E-state index contributed by atoms with van der Waals surface area (Å²) in [6, 6.07) is -0.319. The molecule has 5 nitrogen and oxygen atoms in total. The van der Waals surface area contributed by atoms with E-state index in [1.165, 1.54) is 0 Å². The molecule has 0 aliphatic rings. The summed E-state index contributed by atoms with van der Waals surface area (Å²) in [5.41, 5.74) is -1.16. The quantitative estimate of drug-likeness (QED) is 0.702. The van der Waals surface area contributed by atoms with Crippen molar-refractivity contribution in [3.05, 3.63) is 0 Å². The highest BCUT2D eigenvalue weighted by molar-refractivity contribution is 5.78. The van der Waals surface area contributed by atoms with Gasteiger partial charge >= 0.3 is 12.0 Å². The van der Waals surface area contributed by atoms with Gasteiger partial charge in [-0.25, -0.2) is 4.79 Å². The molecular weight excluding hydrogens is 256 g/mol. The molecule has 0 aliphatic heterocycles. The highest BCUT2D eigenvalue weighted by Gasteiger charge is 2.32. The van der Waals surface area contributed by atoms with Gasteiger partial charge in [0, 0.05) is 12.1 Å². The fraction of sp³-hybridized carbons (Fsp3) is 0.867. The summed E-state index contributed by atoms with van der Waals surface area (Å²) < 4.78 is 0. The molecule has 2 amide bonds. The predicted octanol–water partition coefficient (Wildman–Crippen LogP) is 3.00. The highest BCUT2D eigenvalue weighted by Crippen LogP contribution is 2.26. The normalized spacial score (nSPS) is 15.3. The SMILES string of the molecule is CCC(C)(CNC(=O)NC(C)(C)CC(C)(C)C)C(=O)O. The van der Waals surface area contributed by atoms with Crippen LogP contribution in [0.5, 0.6) is 0 Å². The van der Waals surface area contributed by atoms with Crippen molar-refractivity contribution < 1.29 is 14.7 Å². The molecule has 0 saturated carbocycles. The molecular formula is C15H30N2O3. The first kappa shape index (κ1) is 18.7. The largest absolute Gasteiger partial charge is 0.481 e. The summed E-state index contributed by atoms with van der Waals surface area (Å²) in [5.74, 6) is -0.894. The number of nitrogens with one attached hydrogen (secondary N) is 2. The number of hydrogen-bond acceptors (Lipinski definition) is 2. The van der Waals surface area contributed by atoms with Crippen LogP contribution in [0.15, 0.2) is 0 Å². The third-order valence-electron chi connectivity index (χ3n) is 3.36. The van der Waals surface area contributed by atoms with Crippen molar-refractivity contribution in [2.45, 2.75) is 66.8 Å². The van der Waals surface area contributed by atoms with E-state index in [4.69, 9.17) is 5.11 Å². The van der Waals surface area contributed by atoms with E-state index in [1.54, 1.807) is 13.8 Å². The van der Waals surface area contributed by atoms with Crippen molar-refractivity contribution in [1.82, 2.24) is 10.6 Å². The minimum Gasteiger partial charge on any atom is -0.481 e. The maximum atomic E-state index is 11.9. The molecule has 5 heteroatoms. The fourth-order valence-electron chi connectivity index (χ4n) is 2.35. The number of carbonyl (C=O) groups excluding carboxylic acids is 1. The number of carboxylic acids is 1. The molecule has 0 radical (unpaired) electrons. The smallest absolute Gasteiger partial charge is 0.315 e. The summed E-state index contributed by atoms with van der Waals surface area (Å²) in [5, 5.41) is 14.7. The Hall–Kier alpha value is -1.26. The van der Waals surface area contributed by atoms with Crippen molar-refractivity contribution in [1.29, 1.82) is 0 Å². The number of aliphatic carboxylic acids is 1. The lowest BCUT2D eigenvalue weighted by Crippen LogP contribution is -2.52. The van der Waals surface area contributed by atoms with Crippen LogP contribution in [0, 0.1) is 10.8 Å². The van der Waals surface area contributed by atoms with E-state index in [2.05, 4.69) is 31.4 Å². The fourth-order valence-corrected chi connectivity index (χ4v) is 2.35. The Morgan fingerprint density at radius 2 is 1.55 bits per heavy atom. The van der Waals surface area contributed by atoms with Crippen LogP contribution in [-0.2, 0) is 4.79 Å². The van der Waals surface area contributed by atoms with E-state index < -0.39 is 11.4 Å². The Labute approximate surface area is 122 Å². The van der Waals surface area contributed by atoms with Gasteiger partial charge in [0.25, 0.3) is 0 Å². The lowest BCUT2D eigenvalue weighted by molar-refractivity contribution is -0.147. The number of amides is 2. The first-order chi connectivity index (χ1) is 8.81. The van der Waals surface area contributed by atoms with E-state index in [0.717, 1.165) is 6.42 Å². The molecule has 0 aliphatic carbocycles. The van der Waals surface area contributed by atoms with Crippen molar-refractivity contribution >= 4 is 12.0 Å². The van der Waals surface area contributed by atoms with Gasteiger partial charge in [0.05, 0.1) is 5.41 Å². The van der Waals surface area contributed by atoms with E-state index in [1.807, 2.05) is 13.8 Å². The lowest BCUT2D eigenvalue weighted by Gasteiger charge is -2.33. The van der Waals surface area contributed by atoms with E-state index in [0.29, 0.717) is 6.42 Å². The molecule has 20 heavy (non-hydrogen) atoms. The van der Waals surface area contributed by atoms with Gasteiger partial charge in [0.15, 0.2) is 0 Å². The monoisotopic (exact) mass is 286 g/mol. The Kier molecular flexibility index (Phi) is 6.05. The topological polar surface area (TPSA) is 78.4 Å². The van der Waals surface area contributed by atoms with Gasteiger partial charge in [-0.05, 0) is 39.0 Å². The van der Waals surface area contributed by atoms with Crippen LogP contribution in [0.4, 0.5) is 4.79 Å². The molecule has 1 atom stereocenters. The van der Waals surface area contributed by atoms with Crippen molar-refractivity contribution in [3.63, 3.8) is 0 Å². The van der Waals surface area contributed by atoms with Gasteiger partial charge in [-0.3, -0.25) is 4.79 Å². The van der Waals surface area contributed by atoms with Crippen LogP contribution in [-0.4, -0.2) is 29.2 Å². The maximum Gasteiger partial charge on any atom is 0.315 e. The Balaban J connectivity index is 4.47. The molecule has 0 aromatic heterocycles. The zero-order valence-electron chi connectivity index (χ0n) is 13.9. The standard InChI is InChI=1S/C15H30N2O3/c1-8-15(7,11(18)19)10-16-12(20)17-14(5,6)9-13(2,3)4/h8-10H2,1-7H3,(H,18,19)(H2,16,17,20). The number of carbonyl (C=O) groups is 2. The van der Waals surface area contributed by atoms with Crippen LogP contribution in [0.2, 0.25) is 0 Å². The van der Waals surface area contributed by atoms with Crippen molar-refractivity contribution in [2.75, 3.05) is 6.54 Å². The molecule has 0 aromatic carbocycles. The zero-order chi connectivity index (χ0) is 16.2. The third kappa shape index (κ3) is 6.78.